The van der Waals surface area contributed by atoms with Crippen LogP contribution in [-0.4, -0.2) is 52.7 Å². The molecule has 0 amide bonds. The van der Waals surface area contributed by atoms with Gasteiger partial charge in [-0.15, -0.1) is 0 Å². The van der Waals surface area contributed by atoms with Crippen molar-refractivity contribution in [3.63, 3.8) is 0 Å². The van der Waals surface area contributed by atoms with Crippen LogP contribution in [0.1, 0.15) is 40.0 Å². The van der Waals surface area contributed by atoms with E-state index in [4.69, 9.17) is 14.2 Å². The van der Waals surface area contributed by atoms with E-state index in [1.165, 1.54) is 12.8 Å². The van der Waals surface area contributed by atoms with E-state index < -0.39 is 0 Å². The molecule has 0 aromatic rings. The Bertz CT molecular complexity index is 244. The second kappa shape index (κ2) is 9.72. The third-order valence-electron chi connectivity index (χ3n) is 4.39. The predicted octanol–water partition coefficient (Wildman–Crippen LogP) is 2.47. The van der Waals surface area contributed by atoms with Crippen molar-refractivity contribution in [2.45, 2.75) is 46.1 Å². The fraction of sp³-hybridized carbons (Fsp3) is 1.00. The molecular weight excluding hydrogens is 254 g/mol. The topological polar surface area (TPSA) is 39.7 Å². The smallest absolute Gasteiger partial charge is 0.0701 e. The summed E-state index contributed by atoms with van der Waals surface area (Å²) >= 11 is 0. The molecule has 0 spiro atoms. The van der Waals surface area contributed by atoms with Crippen LogP contribution in [0.15, 0.2) is 0 Å². The zero-order chi connectivity index (χ0) is 14.8. The van der Waals surface area contributed by atoms with Gasteiger partial charge in [-0.25, -0.2) is 0 Å². The van der Waals surface area contributed by atoms with Crippen LogP contribution in [0.2, 0.25) is 0 Å². The standard InChI is InChI=1S/C16H33NO3/c1-14(2)16(3,13-17-15-5-6-15)7-8-19-11-12-20-10-9-18-4/h14-15,17H,5-13H2,1-4H3. The molecule has 120 valence electrons. The van der Waals surface area contributed by atoms with Crippen molar-refractivity contribution < 1.29 is 14.2 Å². The Morgan fingerprint density at radius 2 is 1.65 bits per heavy atom. The Morgan fingerprint density at radius 3 is 2.20 bits per heavy atom. The molecular formula is C16H33NO3. The van der Waals surface area contributed by atoms with Crippen LogP contribution in [-0.2, 0) is 14.2 Å². The highest BCUT2D eigenvalue weighted by Crippen LogP contribution is 2.31. The summed E-state index contributed by atoms with van der Waals surface area (Å²) in [5, 5.41) is 3.66. The van der Waals surface area contributed by atoms with E-state index in [9.17, 15) is 0 Å². The summed E-state index contributed by atoms with van der Waals surface area (Å²) in [5.74, 6) is 0.662. The minimum atomic E-state index is 0.319. The van der Waals surface area contributed by atoms with Gasteiger partial charge in [-0.2, -0.15) is 0 Å². The van der Waals surface area contributed by atoms with Gasteiger partial charge in [0.1, 0.15) is 0 Å². The van der Waals surface area contributed by atoms with Gasteiger partial charge in [0, 0.05) is 26.3 Å². The first-order chi connectivity index (χ1) is 9.58. The number of hydrogen-bond donors (Lipinski definition) is 1. The van der Waals surface area contributed by atoms with Gasteiger partial charge < -0.3 is 19.5 Å². The molecule has 1 aliphatic carbocycles. The number of rotatable bonds is 13. The summed E-state index contributed by atoms with van der Waals surface area (Å²) in [6.45, 7) is 11.5. The van der Waals surface area contributed by atoms with Crippen LogP contribution in [0.5, 0.6) is 0 Å². The maximum atomic E-state index is 5.69. The van der Waals surface area contributed by atoms with Crippen LogP contribution >= 0.6 is 0 Å². The first-order valence-corrected chi connectivity index (χ1v) is 7.96. The number of hydrogen-bond acceptors (Lipinski definition) is 4. The molecule has 4 nitrogen and oxygen atoms in total. The molecule has 20 heavy (non-hydrogen) atoms. The van der Waals surface area contributed by atoms with Crippen LogP contribution in [0.3, 0.4) is 0 Å². The number of methoxy groups -OCH3 is 1. The Balaban J connectivity index is 2.05. The van der Waals surface area contributed by atoms with E-state index in [2.05, 4.69) is 26.1 Å². The molecule has 0 bridgehead atoms. The van der Waals surface area contributed by atoms with Gasteiger partial charge in [-0.1, -0.05) is 20.8 Å². The zero-order valence-corrected chi connectivity index (χ0v) is 13.7. The first kappa shape index (κ1) is 17.9. The third kappa shape index (κ3) is 7.58. The predicted molar refractivity (Wildman–Crippen MR) is 82.1 cm³/mol. The van der Waals surface area contributed by atoms with Crippen LogP contribution < -0.4 is 5.32 Å². The molecule has 0 heterocycles. The van der Waals surface area contributed by atoms with Crippen molar-refractivity contribution in [3.05, 3.63) is 0 Å². The zero-order valence-electron chi connectivity index (χ0n) is 13.7. The van der Waals surface area contributed by atoms with Crippen molar-refractivity contribution in [1.29, 1.82) is 0 Å². The highest BCUT2D eigenvalue weighted by Gasteiger charge is 2.30. The van der Waals surface area contributed by atoms with Crippen LogP contribution in [0, 0.1) is 11.3 Å². The molecule has 4 heteroatoms. The van der Waals surface area contributed by atoms with Gasteiger partial charge >= 0.3 is 0 Å². The van der Waals surface area contributed by atoms with E-state index in [0.717, 1.165) is 25.6 Å². The average molecular weight is 287 g/mol. The Morgan fingerprint density at radius 1 is 1.05 bits per heavy atom. The quantitative estimate of drug-likeness (QED) is 0.528. The molecule has 1 fully saturated rings. The number of nitrogens with one attached hydrogen (secondary N) is 1. The van der Waals surface area contributed by atoms with Crippen molar-refractivity contribution in [3.8, 4) is 0 Å². The summed E-state index contributed by atoms with van der Waals surface area (Å²) in [5.41, 5.74) is 0.319. The van der Waals surface area contributed by atoms with Gasteiger partial charge in [0.15, 0.2) is 0 Å². The second-order valence-electron chi connectivity index (χ2n) is 6.43. The van der Waals surface area contributed by atoms with Gasteiger partial charge in [-0.05, 0) is 30.6 Å². The lowest BCUT2D eigenvalue weighted by atomic mass is 9.76. The summed E-state index contributed by atoms with van der Waals surface area (Å²) in [4.78, 5) is 0. The summed E-state index contributed by atoms with van der Waals surface area (Å²) in [7, 11) is 1.68. The van der Waals surface area contributed by atoms with Gasteiger partial charge in [0.25, 0.3) is 0 Å². The van der Waals surface area contributed by atoms with Crippen molar-refractivity contribution in [2.24, 2.45) is 11.3 Å². The van der Waals surface area contributed by atoms with E-state index in [1.807, 2.05) is 0 Å². The highest BCUT2D eigenvalue weighted by molar-refractivity contribution is 4.87. The van der Waals surface area contributed by atoms with E-state index >= 15 is 0 Å². The second-order valence-corrected chi connectivity index (χ2v) is 6.43. The largest absolute Gasteiger partial charge is 0.382 e. The minimum Gasteiger partial charge on any atom is -0.382 e. The van der Waals surface area contributed by atoms with Gasteiger partial charge in [0.05, 0.1) is 26.4 Å². The molecule has 1 rings (SSSR count). The van der Waals surface area contributed by atoms with Crippen LogP contribution in [0.25, 0.3) is 0 Å². The summed E-state index contributed by atoms with van der Waals surface area (Å²) in [6, 6.07) is 0.781. The Kier molecular flexibility index (Phi) is 8.69. The van der Waals surface area contributed by atoms with E-state index in [1.54, 1.807) is 7.11 Å². The average Bonchev–Trinajstić information content (AvgIpc) is 3.23. The van der Waals surface area contributed by atoms with Crippen LogP contribution in [0.4, 0.5) is 0 Å². The molecule has 0 saturated heterocycles. The molecule has 0 radical (unpaired) electrons. The fourth-order valence-corrected chi connectivity index (χ4v) is 2.02. The molecule has 1 atom stereocenters. The fourth-order valence-electron chi connectivity index (χ4n) is 2.02. The minimum absolute atomic E-state index is 0.319. The number of ether oxygens (including phenoxy) is 3. The first-order valence-electron chi connectivity index (χ1n) is 7.96. The maximum absolute atomic E-state index is 5.69. The van der Waals surface area contributed by atoms with Gasteiger partial charge in [0.2, 0.25) is 0 Å². The Hall–Kier alpha value is -0.160. The monoisotopic (exact) mass is 287 g/mol. The Labute approximate surface area is 124 Å². The van der Waals surface area contributed by atoms with Crippen molar-refractivity contribution >= 4 is 0 Å². The highest BCUT2D eigenvalue weighted by atomic mass is 16.5. The molecule has 0 aromatic heterocycles. The molecule has 1 aliphatic rings. The lowest BCUT2D eigenvalue weighted by Crippen LogP contribution is -2.38. The molecule has 1 N–H and O–H groups in total. The lowest BCUT2D eigenvalue weighted by Gasteiger charge is -2.34. The normalized spacial score (nSPS) is 18.4. The molecule has 0 aromatic carbocycles. The molecule has 0 aliphatic heterocycles. The summed E-state index contributed by atoms with van der Waals surface area (Å²) in [6.07, 6.45) is 3.80. The SMILES string of the molecule is COCCOCCOCCC(C)(CNC1CC1)C(C)C. The maximum Gasteiger partial charge on any atom is 0.0701 e. The molecule has 1 unspecified atom stereocenters. The third-order valence-corrected chi connectivity index (χ3v) is 4.39. The van der Waals surface area contributed by atoms with Crippen molar-refractivity contribution in [1.82, 2.24) is 5.32 Å². The lowest BCUT2D eigenvalue weighted by molar-refractivity contribution is 0.0137. The van der Waals surface area contributed by atoms with E-state index in [0.29, 0.717) is 37.8 Å². The van der Waals surface area contributed by atoms with E-state index in [-0.39, 0.29) is 0 Å². The molecule has 1 saturated carbocycles. The van der Waals surface area contributed by atoms with Crippen molar-refractivity contribution in [2.75, 3.05) is 46.7 Å². The summed E-state index contributed by atoms with van der Waals surface area (Å²) < 4.78 is 16.0. The van der Waals surface area contributed by atoms with Gasteiger partial charge in [-0.3, -0.25) is 0 Å².